The summed E-state index contributed by atoms with van der Waals surface area (Å²) in [4.78, 5) is 16.1. The predicted octanol–water partition coefficient (Wildman–Crippen LogP) is 2.86. The molecule has 0 spiro atoms. The maximum atomic E-state index is 12.1. The van der Waals surface area contributed by atoms with E-state index in [1.165, 1.54) is 12.1 Å². The molecule has 2 aliphatic rings. The average molecular weight is 476 g/mol. The van der Waals surface area contributed by atoms with E-state index in [2.05, 4.69) is 64.2 Å². The number of anilines is 3. The van der Waals surface area contributed by atoms with Gasteiger partial charge < -0.3 is 15.5 Å². The first kappa shape index (κ1) is 21.0. The summed E-state index contributed by atoms with van der Waals surface area (Å²) in [5, 5.41) is 12.0. The topological polar surface area (TPSA) is 113 Å². The molecule has 0 radical (unpaired) electrons. The molecule has 10 nitrogen and oxygen atoms in total. The van der Waals surface area contributed by atoms with Gasteiger partial charge >= 0.3 is 0 Å². The first-order valence-corrected chi connectivity index (χ1v) is 13.5. The maximum Gasteiger partial charge on any atom is 0.229 e. The highest BCUT2D eigenvalue weighted by Crippen LogP contribution is 2.30. The van der Waals surface area contributed by atoms with Gasteiger partial charge in [-0.05, 0) is 42.8 Å². The van der Waals surface area contributed by atoms with Crippen molar-refractivity contribution in [2.75, 3.05) is 35.8 Å². The molecule has 0 saturated carbocycles. The van der Waals surface area contributed by atoms with E-state index in [0.717, 1.165) is 24.2 Å². The highest BCUT2D eigenvalue weighted by atomic mass is 32.2. The predicted molar refractivity (Wildman–Crippen MR) is 134 cm³/mol. The molecule has 34 heavy (non-hydrogen) atoms. The Hall–Kier alpha value is -3.57. The standard InChI is InChI=1S/C23H25N9OS/c1-34(2,33)30-20-4-3-5-21(28-20)32-22-15(12-26-32)11-25-23(29-22)27-16-6-8-18(9-7-16)31-14-17-10-19(31)13-24-17/h3-9,11-12,17,19,24H,10,13-14H2,1-2H3,(H,25,27,29). The fourth-order valence-corrected chi connectivity index (χ4v) is 5.15. The molecule has 2 unspecified atom stereocenters. The second kappa shape index (κ2) is 8.03. The molecule has 2 N–H and O–H groups in total. The Morgan fingerprint density at radius 1 is 1.12 bits per heavy atom. The number of hydrogen-bond acceptors (Lipinski definition) is 9. The van der Waals surface area contributed by atoms with E-state index in [9.17, 15) is 4.21 Å². The van der Waals surface area contributed by atoms with Crippen LogP contribution in [0.5, 0.6) is 0 Å². The van der Waals surface area contributed by atoms with Gasteiger partial charge in [-0.2, -0.15) is 19.1 Å². The largest absolute Gasteiger partial charge is 0.366 e. The van der Waals surface area contributed by atoms with Crippen LogP contribution in [0.15, 0.2) is 59.2 Å². The molecule has 6 rings (SSSR count). The van der Waals surface area contributed by atoms with Crippen molar-refractivity contribution in [2.24, 2.45) is 4.36 Å². The van der Waals surface area contributed by atoms with Gasteiger partial charge in [0.2, 0.25) is 5.95 Å². The molecular weight excluding hydrogens is 450 g/mol. The minimum atomic E-state index is -2.32. The molecule has 2 aliphatic heterocycles. The minimum absolute atomic E-state index is 0.394. The zero-order valence-corrected chi connectivity index (χ0v) is 19.7. The van der Waals surface area contributed by atoms with E-state index in [1.807, 2.05) is 12.1 Å². The first-order chi connectivity index (χ1) is 16.4. The summed E-state index contributed by atoms with van der Waals surface area (Å²) in [6.07, 6.45) is 7.81. The van der Waals surface area contributed by atoms with E-state index in [-0.39, 0.29) is 0 Å². The van der Waals surface area contributed by atoms with Crippen molar-refractivity contribution < 1.29 is 4.21 Å². The van der Waals surface area contributed by atoms with Crippen LogP contribution in [-0.2, 0) is 9.73 Å². The van der Waals surface area contributed by atoms with Gasteiger partial charge in [0.25, 0.3) is 0 Å². The van der Waals surface area contributed by atoms with Crippen LogP contribution in [0.2, 0.25) is 0 Å². The van der Waals surface area contributed by atoms with Crippen LogP contribution in [0, 0.1) is 0 Å². The van der Waals surface area contributed by atoms with Crippen LogP contribution < -0.4 is 15.5 Å². The Morgan fingerprint density at radius 2 is 1.97 bits per heavy atom. The van der Waals surface area contributed by atoms with Crippen LogP contribution >= 0.6 is 0 Å². The van der Waals surface area contributed by atoms with Gasteiger partial charge in [-0.25, -0.2) is 14.2 Å². The van der Waals surface area contributed by atoms with Gasteiger partial charge in [-0.1, -0.05) is 6.07 Å². The van der Waals surface area contributed by atoms with Gasteiger partial charge in [0.1, 0.15) is 0 Å². The van der Waals surface area contributed by atoms with Crippen molar-refractivity contribution in [3.63, 3.8) is 0 Å². The first-order valence-electron chi connectivity index (χ1n) is 11.1. The number of hydrogen-bond donors (Lipinski definition) is 2. The van der Waals surface area contributed by atoms with E-state index < -0.39 is 9.73 Å². The van der Waals surface area contributed by atoms with Crippen molar-refractivity contribution in [1.82, 2.24) is 30.0 Å². The number of nitrogens with one attached hydrogen (secondary N) is 2. The molecule has 5 heterocycles. The van der Waals surface area contributed by atoms with Crippen molar-refractivity contribution >= 4 is 43.9 Å². The fraction of sp³-hybridized carbons (Fsp3) is 0.304. The van der Waals surface area contributed by atoms with Gasteiger partial charge in [0.15, 0.2) is 17.3 Å². The summed E-state index contributed by atoms with van der Waals surface area (Å²) in [5.41, 5.74) is 2.78. The van der Waals surface area contributed by atoms with Gasteiger partial charge in [0.05, 0.1) is 11.6 Å². The molecular formula is C23H25N9OS. The molecule has 11 heteroatoms. The Kier molecular flexibility index (Phi) is 4.96. The molecule has 2 bridgehead atoms. The SMILES string of the molecule is CS(C)(=O)=Nc1cccc(-n2ncc3cnc(Nc4ccc(N5CC6CC5CN6)cc4)nc32)n1. The fourth-order valence-electron chi connectivity index (χ4n) is 4.59. The highest BCUT2D eigenvalue weighted by molar-refractivity contribution is 7.92. The van der Waals surface area contributed by atoms with Crippen LogP contribution in [0.3, 0.4) is 0 Å². The Labute approximate surface area is 197 Å². The van der Waals surface area contributed by atoms with Gasteiger partial charge in [-0.3, -0.25) is 0 Å². The highest BCUT2D eigenvalue weighted by Gasteiger charge is 2.37. The molecule has 4 aromatic rings. The lowest BCUT2D eigenvalue weighted by Gasteiger charge is -2.29. The van der Waals surface area contributed by atoms with E-state index >= 15 is 0 Å². The molecule has 2 saturated heterocycles. The molecule has 0 aliphatic carbocycles. The third kappa shape index (κ3) is 4.08. The molecule has 174 valence electrons. The number of benzene rings is 1. The van der Waals surface area contributed by atoms with Crippen LogP contribution in [0.4, 0.5) is 23.1 Å². The Morgan fingerprint density at radius 3 is 2.71 bits per heavy atom. The lowest BCUT2D eigenvalue weighted by Crippen LogP contribution is -2.43. The molecule has 2 atom stereocenters. The number of pyridine rings is 1. The zero-order chi connectivity index (χ0) is 23.3. The van der Waals surface area contributed by atoms with Gasteiger partial charge in [-0.15, -0.1) is 0 Å². The zero-order valence-electron chi connectivity index (χ0n) is 18.9. The third-order valence-corrected chi connectivity index (χ3v) is 6.70. The van der Waals surface area contributed by atoms with Crippen LogP contribution in [0.25, 0.3) is 16.9 Å². The summed E-state index contributed by atoms with van der Waals surface area (Å²) in [6, 6.07) is 14.9. The molecule has 3 aromatic heterocycles. The quantitative estimate of drug-likeness (QED) is 0.453. The molecule has 1 aromatic carbocycles. The summed E-state index contributed by atoms with van der Waals surface area (Å²) >= 11 is 0. The number of rotatable bonds is 5. The lowest BCUT2D eigenvalue weighted by atomic mass is 10.2. The van der Waals surface area contributed by atoms with Crippen LogP contribution in [-0.4, -0.2) is 66.6 Å². The van der Waals surface area contributed by atoms with E-state index in [4.69, 9.17) is 0 Å². The summed E-state index contributed by atoms with van der Waals surface area (Å²) < 4.78 is 17.9. The Balaban J connectivity index is 1.26. The van der Waals surface area contributed by atoms with E-state index in [0.29, 0.717) is 35.3 Å². The smallest absolute Gasteiger partial charge is 0.229 e. The van der Waals surface area contributed by atoms with Crippen LogP contribution in [0.1, 0.15) is 6.42 Å². The molecule has 0 amide bonds. The summed E-state index contributed by atoms with van der Waals surface area (Å²) in [7, 11) is -2.32. The molecule has 2 fully saturated rings. The minimum Gasteiger partial charge on any atom is -0.366 e. The second-order valence-electron chi connectivity index (χ2n) is 8.97. The monoisotopic (exact) mass is 475 g/mol. The van der Waals surface area contributed by atoms with Crippen molar-refractivity contribution in [3.05, 3.63) is 54.9 Å². The summed E-state index contributed by atoms with van der Waals surface area (Å²) in [6.45, 7) is 2.13. The van der Waals surface area contributed by atoms with E-state index in [1.54, 1.807) is 35.7 Å². The number of aromatic nitrogens is 5. The number of piperazine rings is 1. The lowest BCUT2D eigenvalue weighted by molar-refractivity contribution is 0.580. The second-order valence-corrected chi connectivity index (χ2v) is 11.5. The number of fused-ring (bicyclic) bond motifs is 3. The summed E-state index contributed by atoms with van der Waals surface area (Å²) in [5.74, 6) is 1.41. The van der Waals surface area contributed by atoms with Gasteiger partial charge in [0, 0.05) is 65.0 Å². The normalized spacial score (nSPS) is 19.6. The van der Waals surface area contributed by atoms with Crippen molar-refractivity contribution in [1.29, 1.82) is 0 Å². The maximum absolute atomic E-state index is 12.1. The van der Waals surface area contributed by atoms with Crippen molar-refractivity contribution in [2.45, 2.75) is 18.5 Å². The average Bonchev–Trinajstić information content (AvgIpc) is 3.54. The third-order valence-electron chi connectivity index (χ3n) is 6.07. The number of nitrogens with zero attached hydrogens (tertiary/aromatic N) is 7. The Bertz CT molecular complexity index is 1480. The van der Waals surface area contributed by atoms with Crippen molar-refractivity contribution in [3.8, 4) is 5.82 Å².